The van der Waals surface area contributed by atoms with Crippen LogP contribution in [0.25, 0.3) is 5.65 Å². The van der Waals surface area contributed by atoms with E-state index in [1.54, 1.807) is 13.2 Å². The molecule has 0 unspecified atom stereocenters. The van der Waals surface area contributed by atoms with Crippen molar-refractivity contribution in [2.24, 2.45) is 5.92 Å². The summed E-state index contributed by atoms with van der Waals surface area (Å²) in [7, 11) is 1.59. The van der Waals surface area contributed by atoms with E-state index in [4.69, 9.17) is 4.74 Å². The van der Waals surface area contributed by atoms with E-state index in [-0.39, 0.29) is 5.91 Å². The molecule has 1 aromatic carbocycles. The third-order valence-corrected chi connectivity index (χ3v) is 5.68. The van der Waals surface area contributed by atoms with Crippen LogP contribution in [0.15, 0.2) is 42.6 Å². The summed E-state index contributed by atoms with van der Waals surface area (Å²) in [6.45, 7) is 2.70. The van der Waals surface area contributed by atoms with Crippen LogP contribution in [0.1, 0.15) is 53.3 Å². The summed E-state index contributed by atoms with van der Waals surface area (Å²) in [5.74, 6) is 1.54. The molecule has 0 bridgehead atoms. The number of rotatable bonds is 5. The minimum atomic E-state index is -0.0672. The first-order chi connectivity index (χ1) is 13.7. The van der Waals surface area contributed by atoms with Crippen LogP contribution in [-0.4, -0.2) is 34.2 Å². The second-order valence-corrected chi connectivity index (χ2v) is 7.55. The minimum Gasteiger partial charge on any atom is -0.496 e. The minimum absolute atomic E-state index is 0.0672. The van der Waals surface area contributed by atoms with Crippen molar-refractivity contribution in [3.05, 3.63) is 59.5 Å². The molecule has 6 nitrogen and oxygen atoms in total. The molecule has 6 heteroatoms. The van der Waals surface area contributed by atoms with Gasteiger partial charge in [0.15, 0.2) is 5.65 Å². The van der Waals surface area contributed by atoms with Crippen molar-refractivity contribution in [1.29, 1.82) is 0 Å². The monoisotopic (exact) mass is 378 g/mol. The van der Waals surface area contributed by atoms with E-state index >= 15 is 0 Å². The molecule has 1 N–H and O–H groups in total. The standard InChI is InChI=1S/C22H26N4O2/c1-15-13-21-23-12-11-19(26(21)25-15)17-9-7-16(8-10-17)14-24-22(27)18-5-3-4-6-20(18)28-2/h3-6,11-13,16-17H,7-10,14H2,1-2H3,(H,24,27). The second-order valence-electron chi connectivity index (χ2n) is 7.55. The van der Waals surface area contributed by atoms with Crippen molar-refractivity contribution >= 4 is 11.6 Å². The number of hydrogen-bond acceptors (Lipinski definition) is 4. The number of para-hydroxylation sites is 1. The van der Waals surface area contributed by atoms with E-state index in [2.05, 4.69) is 21.5 Å². The largest absolute Gasteiger partial charge is 0.496 e. The number of nitrogens with one attached hydrogen (secondary N) is 1. The Hall–Kier alpha value is -2.89. The summed E-state index contributed by atoms with van der Waals surface area (Å²) >= 11 is 0. The maximum absolute atomic E-state index is 12.5. The lowest BCUT2D eigenvalue weighted by atomic mass is 9.80. The van der Waals surface area contributed by atoms with Gasteiger partial charge in [-0.15, -0.1) is 0 Å². The zero-order chi connectivity index (χ0) is 19.5. The number of carbonyl (C=O) groups is 1. The average Bonchev–Trinajstić information content (AvgIpc) is 3.12. The highest BCUT2D eigenvalue weighted by atomic mass is 16.5. The van der Waals surface area contributed by atoms with Gasteiger partial charge < -0.3 is 10.1 Å². The number of nitrogens with zero attached hydrogens (tertiary/aromatic N) is 3. The molecule has 1 aliphatic carbocycles. The number of hydrogen-bond donors (Lipinski definition) is 1. The molecule has 1 fully saturated rings. The lowest BCUT2D eigenvalue weighted by Crippen LogP contribution is -2.31. The first-order valence-electron chi connectivity index (χ1n) is 9.88. The fourth-order valence-electron chi connectivity index (χ4n) is 4.16. The molecule has 3 aromatic rings. The van der Waals surface area contributed by atoms with Crippen molar-refractivity contribution in [2.45, 2.75) is 38.5 Å². The number of benzene rings is 1. The highest BCUT2D eigenvalue weighted by Crippen LogP contribution is 2.35. The van der Waals surface area contributed by atoms with Crippen LogP contribution in [0.2, 0.25) is 0 Å². The van der Waals surface area contributed by atoms with Gasteiger partial charge in [-0.25, -0.2) is 9.50 Å². The maximum Gasteiger partial charge on any atom is 0.255 e. The third-order valence-electron chi connectivity index (χ3n) is 5.68. The van der Waals surface area contributed by atoms with Crippen molar-refractivity contribution in [3.8, 4) is 5.75 Å². The molecule has 2 aromatic heterocycles. The first kappa shape index (κ1) is 18.5. The van der Waals surface area contributed by atoms with Gasteiger partial charge >= 0.3 is 0 Å². The molecule has 28 heavy (non-hydrogen) atoms. The second kappa shape index (κ2) is 8.00. The number of methoxy groups -OCH3 is 1. The molecule has 0 spiro atoms. The lowest BCUT2D eigenvalue weighted by Gasteiger charge is -2.29. The van der Waals surface area contributed by atoms with E-state index in [9.17, 15) is 4.79 Å². The molecule has 1 aliphatic rings. The summed E-state index contributed by atoms with van der Waals surface area (Å²) < 4.78 is 7.27. The summed E-state index contributed by atoms with van der Waals surface area (Å²) in [6, 6.07) is 11.4. The van der Waals surface area contributed by atoms with Crippen molar-refractivity contribution in [2.75, 3.05) is 13.7 Å². The summed E-state index contributed by atoms with van der Waals surface area (Å²) in [4.78, 5) is 16.9. The van der Waals surface area contributed by atoms with Gasteiger partial charge in [0.25, 0.3) is 5.91 Å². The van der Waals surface area contributed by atoms with Gasteiger partial charge in [0.05, 0.1) is 18.4 Å². The molecule has 0 atom stereocenters. The molecule has 2 heterocycles. The smallest absolute Gasteiger partial charge is 0.255 e. The normalized spacial score (nSPS) is 19.5. The number of aromatic nitrogens is 3. The number of carbonyl (C=O) groups excluding carboxylic acids is 1. The predicted octanol–water partition coefficient (Wildman–Crippen LogP) is 3.75. The summed E-state index contributed by atoms with van der Waals surface area (Å²) in [6.07, 6.45) is 6.29. The van der Waals surface area contributed by atoms with Gasteiger partial charge in [-0.2, -0.15) is 5.10 Å². The van der Waals surface area contributed by atoms with Crippen molar-refractivity contribution in [3.63, 3.8) is 0 Å². The molecular formula is C22H26N4O2. The van der Waals surface area contributed by atoms with Gasteiger partial charge in [0.2, 0.25) is 0 Å². The van der Waals surface area contributed by atoms with Gasteiger partial charge in [-0.05, 0) is 56.7 Å². The average molecular weight is 378 g/mol. The highest BCUT2D eigenvalue weighted by molar-refractivity contribution is 5.96. The van der Waals surface area contributed by atoms with Gasteiger partial charge in [-0.1, -0.05) is 12.1 Å². The zero-order valence-corrected chi connectivity index (χ0v) is 16.4. The van der Waals surface area contributed by atoms with Crippen LogP contribution < -0.4 is 10.1 Å². The SMILES string of the molecule is COc1ccccc1C(=O)NCC1CCC(c2ccnc3cc(C)nn23)CC1. The highest BCUT2D eigenvalue weighted by Gasteiger charge is 2.25. The lowest BCUT2D eigenvalue weighted by molar-refractivity contribution is 0.0939. The Bertz CT molecular complexity index is 974. The third kappa shape index (κ3) is 3.72. The van der Waals surface area contributed by atoms with Gasteiger partial charge in [-0.3, -0.25) is 4.79 Å². The van der Waals surface area contributed by atoms with E-state index in [1.807, 2.05) is 41.9 Å². The number of amides is 1. The van der Waals surface area contributed by atoms with Crippen LogP contribution >= 0.6 is 0 Å². The molecule has 0 saturated heterocycles. The fourth-order valence-corrected chi connectivity index (χ4v) is 4.16. The van der Waals surface area contributed by atoms with E-state index < -0.39 is 0 Å². The Morgan fingerprint density at radius 2 is 2.00 bits per heavy atom. The number of ether oxygens (including phenoxy) is 1. The molecule has 1 saturated carbocycles. The Morgan fingerprint density at radius 1 is 1.21 bits per heavy atom. The Kier molecular flexibility index (Phi) is 5.28. The van der Waals surface area contributed by atoms with Gasteiger partial charge in [0, 0.05) is 30.4 Å². The Balaban J connectivity index is 1.35. The van der Waals surface area contributed by atoms with Gasteiger partial charge in [0.1, 0.15) is 5.75 Å². The Labute approximate surface area is 164 Å². The predicted molar refractivity (Wildman–Crippen MR) is 108 cm³/mol. The molecule has 0 aliphatic heterocycles. The quantitative estimate of drug-likeness (QED) is 0.734. The maximum atomic E-state index is 12.5. The molecule has 1 amide bonds. The Morgan fingerprint density at radius 3 is 2.79 bits per heavy atom. The molecule has 4 rings (SSSR count). The first-order valence-corrected chi connectivity index (χ1v) is 9.88. The van der Waals surface area contributed by atoms with E-state index in [0.717, 1.165) is 37.0 Å². The van der Waals surface area contributed by atoms with Crippen LogP contribution in [0.5, 0.6) is 5.75 Å². The fraction of sp³-hybridized carbons (Fsp3) is 0.409. The summed E-state index contributed by atoms with van der Waals surface area (Å²) in [5, 5.41) is 7.69. The molecule has 0 radical (unpaired) electrons. The topological polar surface area (TPSA) is 68.5 Å². The molecule has 146 valence electrons. The van der Waals surface area contributed by atoms with Crippen molar-refractivity contribution in [1.82, 2.24) is 19.9 Å². The van der Waals surface area contributed by atoms with Crippen LogP contribution in [0, 0.1) is 12.8 Å². The number of aryl methyl sites for hydroxylation is 1. The molecular weight excluding hydrogens is 352 g/mol. The van der Waals surface area contributed by atoms with E-state index in [1.165, 1.54) is 5.69 Å². The zero-order valence-electron chi connectivity index (χ0n) is 16.4. The van der Waals surface area contributed by atoms with E-state index in [0.29, 0.717) is 29.7 Å². The van der Waals surface area contributed by atoms with Crippen LogP contribution in [0.3, 0.4) is 0 Å². The summed E-state index contributed by atoms with van der Waals surface area (Å²) in [5.41, 5.74) is 3.75. The van der Waals surface area contributed by atoms with Crippen LogP contribution in [-0.2, 0) is 0 Å². The van der Waals surface area contributed by atoms with Crippen molar-refractivity contribution < 1.29 is 9.53 Å². The van der Waals surface area contributed by atoms with Crippen LogP contribution in [0.4, 0.5) is 0 Å². The number of fused-ring (bicyclic) bond motifs is 1.